The first-order valence-electron chi connectivity index (χ1n) is 4.65. The maximum Gasteiger partial charge on any atom is 0.232 e. The predicted octanol–water partition coefficient (Wildman–Crippen LogP) is 2.49. The summed E-state index contributed by atoms with van der Waals surface area (Å²) in [4.78, 5) is 15.3. The molecule has 0 atom stereocenters. The van der Waals surface area contributed by atoms with Gasteiger partial charge in [-0.3, -0.25) is 4.79 Å². The Hall–Kier alpha value is -1.35. The van der Waals surface area contributed by atoms with Crippen molar-refractivity contribution in [2.45, 2.75) is 12.8 Å². The third-order valence-corrected chi connectivity index (χ3v) is 2.60. The minimum atomic E-state index is 0.153. The molecule has 3 nitrogen and oxygen atoms in total. The number of rotatable bonds is 2. The van der Waals surface area contributed by atoms with Crippen molar-refractivity contribution in [3.63, 3.8) is 0 Å². The van der Waals surface area contributed by atoms with E-state index in [1.54, 1.807) is 18.2 Å². The molecule has 0 aromatic carbocycles. The number of ether oxygens (including phenoxy) is 1. The van der Waals surface area contributed by atoms with E-state index in [1.165, 1.54) is 7.11 Å². The summed E-state index contributed by atoms with van der Waals surface area (Å²) in [6.07, 6.45) is 2.95. The quantitative estimate of drug-likeness (QED) is 0.773. The highest BCUT2D eigenvalue weighted by molar-refractivity contribution is 6.31. The second kappa shape index (κ2) is 4.03. The summed E-state index contributed by atoms with van der Waals surface area (Å²) in [5, 5.41) is 0.478. The molecule has 0 aliphatic heterocycles. The number of allylic oxidation sites excluding steroid dienone is 2. The molecule has 1 aromatic heterocycles. The molecule has 0 saturated carbocycles. The van der Waals surface area contributed by atoms with Gasteiger partial charge in [0.05, 0.1) is 12.8 Å². The number of hydrogen-bond donors (Lipinski definition) is 0. The summed E-state index contributed by atoms with van der Waals surface area (Å²) < 4.78 is 5.02. The molecule has 1 heterocycles. The molecule has 78 valence electrons. The molecule has 1 aliphatic carbocycles. The fourth-order valence-electron chi connectivity index (χ4n) is 1.54. The molecule has 0 amide bonds. The molecule has 0 N–H and O–H groups in total. The zero-order valence-corrected chi connectivity index (χ0v) is 9.04. The molecule has 0 spiro atoms. The van der Waals surface area contributed by atoms with Crippen molar-refractivity contribution in [2.75, 3.05) is 7.11 Å². The Kier molecular flexibility index (Phi) is 2.73. The Labute approximate surface area is 92.7 Å². The highest BCUT2D eigenvalue weighted by Crippen LogP contribution is 2.28. The lowest BCUT2D eigenvalue weighted by molar-refractivity contribution is -0.114. The SMILES string of the molecule is COc1nc(C2=CC(=O)CC2)ccc1Cl. The van der Waals surface area contributed by atoms with E-state index in [2.05, 4.69) is 4.98 Å². The van der Waals surface area contributed by atoms with Gasteiger partial charge in [0, 0.05) is 6.42 Å². The van der Waals surface area contributed by atoms with Gasteiger partial charge in [0.15, 0.2) is 5.78 Å². The number of ketones is 1. The molecule has 1 aromatic rings. The molecule has 2 rings (SSSR count). The second-order valence-electron chi connectivity index (χ2n) is 3.32. The van der Waals surface area contributed by atoms with Crippen LogP contribution in [0.25, 0.3) is 5.57 Å². The van der Waals surface area contributed by atoms with Crippen LogP contribution < -0.4 is 4.74 Å². The zero-order chi connectivity index (χ0) is 10.8. The number of nitrogens with zero attached hydrogens (tertiary/aromatic N) is 1. The molecular weight excluding hydrogens is 214 g/mol. The molecule has 0 unspecified atom stereocenters. The number of halogens is 1. The van der Waals surface area contributed by atoms with Crippen molar-refractivity contribution in [3.8, 4) is 5.88 Å². The first-order chi connectivity index (χ1) is 7.20. The van der Waals surface area contributed by atoms with Crippen LogP contribution in [0.3, 0.4) is 0 Å². The maximum atomic E-state index is 11.1. The smallest absolute Gasteiger partial charge is 0.232 e. The van der Waals surface area contributed by atoms with Gasteiger partial charge in [-0.1, -0.05) is 11.6 Å². The minimum Gasteiger partial charge on any atom is -0.480 e. The van der Waals surface area contributed by atoms with Gasteiger partial charge >= 0.3 is 0 Å². The third-order valence-electron chi connectivity index (χ3n) is 2.31. The first kappa shape index (κ1) is 10.2. The van der Waals surface area contributed by atoms with Crippen molar-refractivity contribution < 1.29 is 9.53 Å². The summed E-state index contributed by atoms with van der Waals surface area (Å²) in [5.41, 5.74) is 1.72. The van der Waals surface area contributed by atoms with E-state index in [0.29, 0.717) is 17.3 Å². The first-order valence-corrected chi connectivity index (χ1v) is 5.03. The predicted molar refractivity (Wildman–Crippen MR) is 58.0 cm³/mol. The number of aromatic nitrogens is 1. The zero-order valence-electron chi connectivity index (χ0n) is 8.29. The average Bonchev–Trinajstić information content (AvgIpc) is 2.66. The maximum absolute atomic E-state index is 11.1. The van der Waals surface area contributed by atoms with Crippen LogP contribution in [0.1, 0.15) is 18.5 Å². The molecule has 0 bridgehead atoms. The molecule has 0 saturated heterocycles. The van der Waals surface area contributed by atoms with E-state index < -0.39 is 0 Å². The Morgan fingerprint density at radius 1 is 1.40 bits per heavy atom. The third kappa shape index (κ3) is 2.02. The second-order valence-corrected chi connectivity index (χ2v) is 3.73. The largest absolute Gasteiger partial charge is 0.480 e. The Morgan fingerprint density at radius 2 is 2.20 bits per heavy atom. The number of hydrogen-bond acceptors (Lipinski definition) is 3. The van der Waals surface area contributed by atoms with E-state index in [-0.39, 0.29) is 5.78 Å². The van der Waals surface area contributed by atoms with Crippen LogP contribution in [0.5, 0.6) is 5.88 Å². The van der Waals surface area contributed by atoms with E-state index >= 15 is 0 Å². The van der Waals surface area contributed by atoms with Gasteiger partial charge < -0.3 is 4.74 Å². The van der Waals surface area contributed by atoms with Crippen molar-refractivity contribution >= 4 is 23.0 Å². The number of pyridine rings is 1. The Bertz CT molecular complexity index is 440. The fraction of sp³-hybridized carbons (Fsp3) is 0.273. The van der Waals surface area contributed by atoms with Gasteiger partial charge in [-0.25, -0.2) is 4.98 Å². The summed E-state index contributed by atoms with van der Waals surface area (Å²) in [5.74, 6) is 0.551. The molecule has 0 fully saturated rings. The van der Waals surface area contributed by atoms with Crippen LogP contribution in [0.15, 0.2) is 18.2 Å². The van der Waals surface area contributed by atoms with Crippen LogP contribution in [0.2, 0.25) is 5.02 Å². The Balaban J connectivity index is 2.37. The van der Waals surface area contributed by atoms with E-state index in [9.17, 15) is 4.79 Å². The topological polar surface area (TPSA) is 39.2 Å². The summed E-state index contributed by atoms with van der Waals surface area (Å²) in [6, 6.07) is 3.53. The molecular formula is C11H10ClNO2. The minimum absolute atomic E-state index is 0.153. The van der Waals surface area contributed by atoms with Crippen LogP contribution in [-0.4, -0.2) is 17.9 Å². The number of carbonyl (C=O) groups excluding carboxylic acids is 1. The van der Waals surface area contributed by atoms with Gasteiger partial charge in [-0.2, -0.15) is 0 Å². The molecule has 4 heteroatoms. The normalized spacial score (nSPS) is 15.3. The fourth-order valence-corrected chi connectivity index (χ4v) is 1.73. The number of methoxy groups -OCH3 is 1. The summed E-state index contributed by atoms with van der Waals surface area (Å²) in [6.45, 7) is 0. The molecule has 0 radical (unpaired) electrons. The van der Waals surface area contributed by atoms with Crippen LogP contribution >= 0.6 is 11.6 Å². The van der Waals surface area contributed by atoms with Gasteiger partial charge in [0.25, 0.3) is 0 Å². The summed E-state index contributed by atoms with van der Waals surface area (Å²) >= 11 is 5.86. The lowest BCUT2D eigenvalue weighted by atomic mass is 10.1. The van der Waals surface area contributed by atoms with E-state index in [1.807, 2.05) is 0 Å². The van der Waals surface area contributed by atoms with Crippen LogP contribution in [0, 0.1) is 0 Å². The van der Waals surface area contributed by atoms with Gasteiger partial charge in [-0.05, 0) is 30.2 Å². The lowest BCUT2D eigenvalue weighted by Crippen LogP contribution is -1.93. The van der Waals surface area contributed by atoms with Crippen LogP contribution in [-0.2, 0) is 4.79 Å². The van der Waals surface area contributed by atoms with Crippen molar-refractivity contribution in [1.82, 2.24) is 4.98 Å². The highest BCUT2D eigenvalue weighted by Gasteiger charge is 2.15. The van der Waals surface area contributed by atoms with Gasteiger partial charge in [-0.15, -0.1) is 0 Å². The van der Waals surface area contributed by atoms with Crippen LogP contribution in [0.4, 0.5) is 0 Å². The van der Waals surface area contributed by atoms with Gasteiger partial charge in [0.2, 0.25) is 5.88 Å². The van der Waals surface area contributed by atoms with Crippen molar-refractivity contribution in [1.29, 1.82) is 0 Å². The standard InChI is InChI=1S/C11H10ClNO2/c1-15-11-9(12)4-5-10(13-11)7-2-3-8(14)6-7/h4-6H,2-3H2,1H3. The Morgan fingerprint density at radius 3 is 2.80 bits per heavy atom. The van der Waals surface area contributed by atoms with Crippen molar-refractivity contribution in [2.24, 2.45) is 0 Å². The van der Waals surface area contributed by atoms with E-state index in [4.69, 9.17) is 16.3 Å². The van der Waals surface area contributed by atoms with Gasteiger partial charge in [0.1, 0.15) is 5.02 Å². The molecule has 15 heavy (non-hydrogen) atoms. The van der Waals surface area contributed by atoms with E-state index in [0.717, 1.165) is 17.7 Å². The summed E-state index contributed by atoms with van der Waals surface area (Å²) in [7, 11) is 1.52. The average molecular weight is 224 g/mol. The van der Waals surface area contributed by atoms with Crippen molar-refractivity contribution in [3.05, 3.63) is 28.9 Å². The number of carbonyl (C=O) groups is 1. The lowest BCUT2D eigenvalue weighted by Gasteiger charge is -2.05. The molecule has 1 aliphatic rings. The highest BCUT2D eigenvalue weighted by atomic mass is 35.5. The monoisotopic (exact) mass is 223 g/mol.